The van der Waals surface area contributed by atoms with Crippen molar-refractivity contribution in [1.82, 2.24) is 0 Å². The molecule has 0 aliphatic heterocycles. The average Bonchev–Trinajstić information content (AvgIpc) is 2.45. The molecule has 0 amide bonds. The van der Waals surface area contributed by atoms with E-state index < -0.39 is 29.9 Å². The summed E-state index contributed by atoms with van der Waals surface area (Å²) >= 11 is 0. The Morgan fingerprint density at radius 3 is 2.21 bits per heavy atom. The minimum Gasteiger partial charge on any atom is -0.399 e. The normalized spacial score (nSPS) is 17.7. The molecular formula is C12H12N2. The van der Waals surface area contributed by atoms with E-state index in [-0.39, 0.29) is 34.6 Å². The van der Waals surface area contributed by atoms with Gasteiger partial charge in [-0.1, -0.05) is 24.2 Å². The zero-order chi connectivity index (χ0) is 16.8. The van der Waals surface area contributed by atoms with Gasteiger partial charge in [0.1, 0.15) is 0 Å². The van der Waals surface area contributed by atoms with Gasteiger partial charge in [0.15, 0.2) is 2.82 Å². The molecule has 2 aromatic carbocycles. The van der Waals surface area contributed by atoms with E-state index in [1.807, 2.05) is 0 Å². The van der Waals surface area contributed by atoms with Gasteiger partial charge in [0.05, 0.1) is 8.22 Å². The van der Waals surface area contributed by atoms with Crippen molar-refractivity contribution < 1.29 is 11.0 Å². The van der Waals surface area contributed by atoms with Gasteiger partial charge < -0.3 is 11.5 Å². The molecule has 0 aliphatic rings. The second kappa shape index (κ2) is 3.42. The lowest BCUT2D eigenvalue weighted by Gasteiger charge is -2.02. The smallest absolute Gasteiger partial charge is 0.156 e. The highest BCUT2D eigenvalue weighted by Gasteiger charge is 1.95. The first-order valence-corrected chi connectivity index (χ1v) is 3.92. The predicted octanol–water partition coefficient (Wildman–Crippen LogP) is 2.52. The Balaban J connectivity index is 2.87. The molecule has 2 nitrogen and oxygen atoms in total. The molecule has 0 saturated carbocycles. The van der Waals surface area contributed by atoms with Gasteiger partial charge in [-0.25, -0.2) is 0 Å². The topological polar surface area (TPSA) is 52.0 Å². The standard InChI is InChI=1S/C12H12N2/c13-11-5-1-9(2-6-11)10-3-7-12(14)8-4-10/h1-8H,13-14H2/i1D,2D,3D,5D,6D,7D/hD2. The van der Waals surface area contributed by atoms with E-state index in [2.05, 4.69) is 0 Å². The van der Waals surface area contributed by atoms with E-state index in [9.17, 15) is 0 Å². The maximum absolute atomic E-state index is 7.97. The molecule has 14 heavy (non-hydrogen) atoms. The highest BCUT2D eigenvalue weighted by atomic mass is 14.5. The van der Waals surface area contributed by atoms with E-state index in [1.54, 1.807) is 0 Å². The summed E-state index contributed by atoms with van der Waals surface area (Å²) in [4.78, 5) is 0. The second-order valence-corrected chi connectivity index (χ2v) is 2.68. The van der Waals surface area contributed by atoms with Crippen molar-refractivity contribution in [2.75, 3.05) is 11.5 Å². The van der Waals surface area contributed by atoms with Gasteiger partial charge >= 0.3 is 0 Å². The molecule has 70 valence electrons. The number of rotatable bonds is 2. The zero-order valence-electron chi connectivity index (χ0n) is 15.2. The molecule has 4 N–H and O–H groups in total. The van der Waals surface area contributed by atoms with Crippen molar-refractivity contribution in [1.29, 1.82) is 0 Å². The Kier molecular flexibility index (Phi) is 0.810. The fraction of sp³-hybridized carbons (Fsp3) is 0. The van der Waals surface area contributed by atoms with Gasteiger partial charge in [0.25, 0.3) is 0 Å². The van der Waals surface area contributed by atoms with Gasteiger partial charge in [-0.3, -0.25) is 0 Å². The minimum atomic E-state index is -0.552. The lowest BCUT2D eigenvalue weighted by Crippen LogP contribution is -1.85. The van der Waals surface area contributed by atoms with Gasteiger partial charge in [-0.15, -0.1) is 0 Å². The van der Waals surface area contributed by atoms with E-state index in [4.69, 9.17) is 16.8 Å². The molecule has 0 radical (unpaired) electrons. The zero-order valence-corrected chi connectivity index (χ0v) is 7.18. The summed E-state index contributed by atoms with van der Waals surface area (Å²) < 4.78 is 61.5. The van der Waals surface area contributed by atoms with Crippen LogP contribution in [0.5, 0.6) is 0 Å². The quantitative estimate of drug-likeness (QED) is 0.718. The summed E-state index contributed by atoms with van der Waals surface area (Å²) in [6, 6.07) is 0.0996. The van der Waals surface area contributed by atoms with Crippen LogP contribution < -0.4 is 11.5 Å². The third-order valence-corrected chi connectivity index (χ3v) is 1.65. The number of nitrogens with two attached hydrogens (primary N) is 2. The Hall–Kier alpha value is -1.96. The summed E-state index contributed by atoms with van der Waals surface area (Å²) in [6.45, 7) is 0. The molecule has 0 heterocycles. The Bertz CT molecular complexity index is 731. The first-order chi connectivity index (χ1) is 10.2. The number of benzene rings is 2. The largest absolute Gasteiger partial charge is 0.399 e. The first-order valence-electron chi connectivity index (χ1n) is 7.82. The van der Waals surface area contributed by atoms with Crippen LogP contribution in [0.4, 0.5) is 11.4 Å². The van der Waals surface area contributed by atoms with Crippen LogP contribution in [0, 0.1) is 0 Å². The van der Waals surface area contributed by atoms with E-state index in [1.165, 1.54) is 12.1 Å². The van der Waals surface area contributed by atoms with E-state index in [0.717, 1.165) is 0 Å². The van der Waals surface area contributed by atoms with Crippen molar-refractivity contribution in [3.8, 4) is 11.1 Å². The minimum absolute atomic E-state index is 0.0189. The molecule has 0 bridgehead atoms. The number of hydrogen-bond acceptors (Lipinski definition) is 2. The van der Waals surface area contributed by atoms with Crippen molar-refractivity contribution >= 4 is 11.4 Å². The molecule has 0 aromatic heterocycles. The van der Waals surface area contributed by atoms with Crippen LogP contribution in [-0.4, -0.2) is 0 Å². The van der Waals surface area contributed by atoms with Gasteiger partial charge in [0, 0.05) is 11.4 Å². The van der Waals surface area contributed by atoms with Crippen LogP contribution in [0.25, 0.3) is 11.1 Å². The van der Waals surface area contributed by atoms with Gasteiger partial charge in [-0.05, 0) is 35.3 Å². The summed E-state index contributed by atoms with van der Waals surface area (Å²) in [5.74, 6) is 0. The Morgan fingerprint density at radius 1 is 0.857 bits per heavy atom. The summed E-state index contributed by atoms with van der Waals surface area (Å²) in [5.41, 5.74) is 5.04. The lowest BCUT2D eigenvalue weighted by atomic mass is 10.1. The highest BCUT2D eigenvalue weighted by molar-refractivity contribution is 5.67. The molecular weight excluding hydrogens is 172 g/mol. The van der Waals surface area contributed by atoms with Crippen LogP contribution in [0.1, 0.15) is 8.22 Å². The predicted molar refractivity (Wildman–Crippen MR) is 60.7 cm³/mol. The van der Waals surface area contributed by atoms with Crippen LogP contribution in [0.15, 0.2) is 48.4 Å². The molecule has 0 saturated heterocycles. The summed E-state index contributed by atoms with van der Waals surface area (Å²) in [7, 11) is 0. The van der Waals surface area contributed by atoms with E-state index in [0.29, 0.717) is 0 Å². The Morgan fingerprint density at radius 2 is 1.50 bits per heavy atom. The van der Waals surface area contributed by atoms with Crippen molar-refractivity contribution in [3.05, 3.63) is 48.4 Å². The van der Waals surface area contributed by atoms with Crippen LogP contribution >= 0.6 is 0 Å². The molecule has 0 atom stereocenters. The molecule has 2 heteroatoms. The molecule has 2 aromatic rings. The lowest BCUT2D eigenvalue weighted by molar-refractivity contribution is 1.61. The monoisotopic (exact) mass is 192 g/mol. The molecule has 0 aliphatic carbocycles. The third kappa shape index (κ3) is 1.69. The van der Waals surface area contributed by atoms with Gasteiger partial charge in [0.2, 0.25) is 0 Å². The van der Waals surface area contributed by atoms with Crippen molar-refractivity contribution in [2.24, 2.45) is 0 Å². The average molecular weight is 192 g/mol. The van der Waals surface area contributed by atoms with Crippen LogP contribution in [0.3, 0.4) is 0 Å². The van der Waals surface area contributed by atoms with Crippen molar-refractivity contribution in [2.45, 2.75) is 0 Å². The maximum atomic E-state index is 7.97. The molecule has 0 unspecified atom stereocenters. The Labute approximate surface area is 94.5 Å². The molecule has 2 rings (SSSR count). The first kappa shape index (κ1) is 3.31. The van der Waals surface area contributed by atoms with E-state index >= 15 is 0 Å². The fourth-order valence-corrected chi connectivity index (χ4v) is 0.982. The fourth-order valence-electron chi connectivity index (χ4n) is 0.982. The maximum Gasteiger partial charge on any atom is 0.156 e. The third-order valence-electron chi connectivity index (χ3n) is 1.65. The second-order valence-electron chi connectivity index (χ2n) is 2.68. The van der Waals surface area contributed by atoms with Crippen LogP contribution in [0.2, 0.25) is 2.82 Å². The number of nitrogen functional groups attached to an aromatic ring is 2. The number of anilines is 2. The number of hydrogen-bond donors (Lipinski definition) is 2. The van der Waals surface area contributed by atoms with Gasteiger partial charge in [-0.2, -0.15) is 0 Å². The summed E-state index contributed by atoms with van der Waals surface area (Å²) in [5, 5.41) is 0. The molecule has 0 spiro atoms. The summed E-state index contributed by atoms with van der Waals surface area (Å²) in [6.07, 6.45) is 0. The van der Waals surface area contributed by atoms with Crippen molar-refractivity contribution in [3.63, 3.8) is 0 Å². The van der Waals surface area contributed by atoms with Crippen LogP contribution in [-0.2, 0) is 0 Å². The SMILES string of the molecule is [2H]c1c(N)ccc(-c2c([2H])c([2H])c(N([2H])[2H])c([2H])c2[2H])c1[2H]. The highest BCUT2D eigenvalue weighted by Crippen LogP contribution is 2.21. The molecule has 0 fully saturated rings.